The zero-order chi connectivity index (χ0) is 17.6. The molecule has 1 fully saturated rings. The molecule has 5 nitrogen and oxygen atoms in total. The van der Waals surface area contributed by atoms with E-state index in [-0.39, 0.29) is 5.22 Å². The van der Waals surface area contributed by atoms with Crippen molar-refractivity contribution in [1.29, 1.82) is 0 Å². The van der Waals surface area contributed by atoms with Gasteiger partial charge in [-0.25, -0.2) is 9.79 Å². The van der Waals surface area contributed by atoms with Crippen molar-refractivity contribution < 1.29 is 18.4 Å². The standard InChI is InChI=1S/C13H28O3Si.C4H7NO/c1-5-13(14-6-2)11-9-10-12-17(13,15-7-3)16-8-4;1-2-3-5-4-6/h5-12H2,1-4H3;2-3H2,1H3. The number of hydrogen-bond acceptors (Lipinski definition) is 5. The Bertz CT molecular complexity index is 332. The van der Waals surface area contributed by atoms with Crippen molar-refractivity contribution >= 4 is 14.6 Å². The van der Waals surface area contributed by atoms with Gasteiger partial charge in [-0.05, 0) is 46.1 Å². The van der Waals surface area contributed by atoms with Gasteiger partial charge in [-0.3, -0.25) is 0 Å². The number of isocyanates is 1. The Balaban J connectivity index is 0.000000688. The average Bonchev–Trinajstić information content (AvgIpc) is 2.56. The van der Waals surface area contributed by atoms with Crippen molar-refractivity contribution in [2.45, 2.75) is 78.0 Å². The molecule has 1 aliphatic heterocycles. The number of hydrogen-bond donors (Lipinski definition) is 0. The third-order valence-corrected chi connectivity index (χ3v) is 8.84. The number of nitrogens with zero attached hydrogens (tertiary/aromatic N) is 1. The Kier molecular flexibility index (Phi) is 12.6. The fraction of sp³-hybridized carbons (Fsp3) is 0.941. The molecule has 1 unspecified atom stereocenters. The van der Waals surface area contributed by atoms with Crippen molar-refractivity contribution in [2.75, 3.05) is 26.4 Å². The first-order valence-electron chi connectivity index (χ1n) is 9.07. The summed E-state index contributed by atoms with van der Waals surface area (Å²) in [5.41, 5.74) is 0. The molecule has 0 aliphatic carbocycles. The first-order valence-corrected chi connectivity index (χ1v) is 11.1. The summed E-state index contributed by atoms with van der Waals surface area (Å²) in [5.74, 6) is 0. The highest BCUT2D eigenvalue weighted by Crippen LogP contribution is 2.42. The molecule has 1 atom stereocenters. The highest BCUT2D eigenvalue weighted by Gasteiger charge is 2.58. The van der Waals surface area contributed by atoms with Crippen molar-refractivity contribution in [3.8, 4) is 0 Å². The lowest BCUT2D eigenvalue weighted by Gasteiger charge is -2.49. The van der Waals surface area contributed by atoms with Gasteiger partial charge in [0.1, 0.15) is 5.22 Å². The number of aliphatic imine (C=N–C) groups is 1. The predicted molar refractivity (Wildman–Crippen MR) is 95.6 cm³/mol. The topological polar surface area (TPSA) is 57.1 Å². The van der Waals surface area contributed by atoms with Gasteiger partial charge in [0.2, 0.25) is 6.08 Å². The van der Waals surface area contributed by atoms with Crippen LogP contribution in [0.4, 0.5) is 0 Å². The quantitative estimate of drug-likeness (QED) is 0.358. The first-order chi connectivity index (χ1) is 11.1. The Hall–Kier alpha value is -0.523. The molecule has 0 aromatic heterocycles. The lowest BCUT2D eigenvalue weighted by Crippen LogP contribution is -2.65. The van der Waals surface area contributed by atoms with E-state index in [0.717, 1.165) is 45.1 Å². The molecule has 136 valence electrons. The van der Waals surface area contributed by atoms with Crippen molar-refractivity contribution in [2.24, 2.45) is 4.99 Å². The molecule has 0 aromatic carbocycles. The third-order valence-electron chi connectivity index (χ3n) is 4.18. The predicted octanol–water partition coefficient (Wildman–Crippen LogP) is 4.14. The van der Waals surface area contributed by atoms with Crippen molar-refractivity contribution in [1.82, 2.24) is 0 Å². The van der Waals surface area contributed by atoms with Gasteiger partial charge in [0, 0.05) is 19.8 Å². The zero-order valence-corrected chi connectivity index (χ0v) is 16.7. The van der Waals surface area contributed by atoms with E-state index >= 15 is 0 Å². The Labute approximate surface area is 143 Å². The molecular formula is C17H35NO4Si. The molecule has 1 saturated heterocycles. The lowest BCUT2D eigenvalue weighted by atomic mass is 10.1. The van der Waals surface area contributed by atoms with Gasteiger partial charge in [-0.15, -0.1) is 0 Å². The summed E-state index contributed by atoms with van der Waals surface area (Å²) in [4.78, 5) is 12.6. The molecule has 0 aromatic rings. The van der Waals surface area contributed by atoms with Crippen LogP contribution in [0.15, 0.2) is 4.99 Å². The fourth-order valence-electron chi connectivity index (χ4n) is 3.27. The van der Waals surface area contributed by atoms with Crippen LogP contribution in [-0.2, 0) is 18.4 Å². The van der Waals surface area contributed by atoms with Gasteiger partial charge in [-0.1, -0.05) is 26.7 Å². The third kappa shape index (κ3) is 6.47. The second-order valence-corrected chi connectivity index (χ2v) is 9.07. The Morgan fingerprint density at radius 3 is 2.09 bits per heavy atom. The summed E-state index contributed by atoms with van der Waals surface area (Å²) >= 11 is 0. The van der Waals surface area contributed by atoms with Crippen LogP contribution in [0.3, 0.4) is 0 Å². The molecule has 6 heteroatoms. The summed E-state index contributed by atoms with van der Waals surface area (Å²) in [5, 5.41) is -0.119. The molecule has 0 bridgehead atoms. The Morgan fingerprint density at radius 2 is 1.70 bits per heavy atom. The van der Waals surface area contributed by atoms with Crippen molar-refractivity contribution in [3.63, 3.8) is 0 Å². The van der Waals surface area contributed by atoms with Crippen LogP contribution in [0, 0.1) is 0 Å². The van der Waals surface area contributed by atoms with Crippen LogP contribution < -0.4 is 0 Å². The molecule has 1 heterocycles. The van der Waals surface area contributed by atoms with E-state index in [0.29, 0.717) is 6.54 Å². The van der Waals surface area contributed by atoms with Crippen molar-refractivity contribution in [3.05, 3.63) is 0 Å². The monoisotopic (exact) mass is 345 g/mol. The molecule has 0 N–H and O–H groups in total. The minimum Gasteiger partial charge on any atom is -0.393 e. The second kappa shape index (κ2) is 12.8. The maximum absolute atomic E-state index is 9.27. The SMILES string of the molecule is CCCN=C=O.CCOC1(CC)CCCC[Si]1(OCC)OCC. The highest BCUT2D eigenvalue weighted by atomic mass is 28.4. The Morgan fingerprint density at radius 1 is 1.04 bits per heavy atom. The first kappa shape index (κ1) is 22.5. The molecule has 1 rings (SSSR count). The minimum absolute atomic E-state index is 0.119. The molecule has 0 amide bonds. The van der Waals surface area contributed by atoms with E-state index in [9.17, 15) is 4.79 Å². The zero-order valence-electron chi connectivity index (χ0n) is 15.7. The molecule has 1 aliphatic rings. The minimum atomic E-state index is -2.21. The van der Waals surface area contributed by atoms with E-state index in [1.807, 2.05) is 6.92 Å². The van der Waals surface area contributed by atoms with Crippen LogP contribution in [0.1, 0.15) is 66.7 Å². The summed E-state index contributed by atoms with van der Waals surface area (Å²) in [7, 11) is -2.21. The van der Waals surface area contributed by atoms with Crippen LogP contribution in [0.25, 0.3) is 0 Å². The van der Waals surface area contributed by atoms with Gasteiger partial charge in [-0.2, -0.15) is 0 Å². The van der Waals surface area contributed by atoms with Gasteiger partial charge in [0.25, 0.3) is 0 Å². The maximum atomic E-state index is 9.27. The number of ether oxygens (including phenoxy) is 1. The molecule has 0 spiro atoms. The van der Waals surface area contributed by atoms with Gasteiger partial charge in [0.05, 0.1) is 6.54 Å². The van der Waals surface area contributed by atoms with Gasteiger partial charge in [0.15, 0.2) is 0 Å². The van der Waals surface area contributed by atoms with Crippen LogP contribution in [0.5, 0.6) is 0 Å². The summed E-state index contributed by atoms with van der Waals surface area (Å²) in [6, 6.07) is 1.09. The molecule has 23 heavy (non-hydrogen) atoms. The van der Waals surface area contributed by atoms with E-state index in [2.05, 4.69) is 32.7 Å². The molecule has 0 saturated carbocycles. The number of carbonyl (C=O) groups excluding carboxylic acids is 1. The van der Waals surface area contributed by atoms with Crippen LogP contribution in [-0.4, -0.2) is 46.2 Å². The van der Waals surface area contributed by atoms with Crippen LogP contribution >= 0.6 is 0 Å². The van der Waals surface area contributed by atoms with Gasteiger partial charge < -0.3 is 13.6 Å². The fourth-order valence-corrected chi connectivity index (χ4v) is 7.73. The summed E-state index contributed by atoms with van der Waals surface area (Å²) in [6.07, 6.45) is 6.94. The normalized spacial score (nSPS) is 22.7. The summed E-state index contributed by atoms with van der Waals surface area (Å²) < 4.78 is 18.5. The van der Waals surface area contributed by atoms with E-state index in [1.165, 1.54) is 18.9 Å². The average molecular weight is 346 g/mol. The second-order valence-electron chi connectivity index (χ2n) is 5.58. The molecular weight excluding hydrogens is 310 g/mol. The van der Waals surface area contributed by atoms with E-state index in [4.69, 9.17) is 13.6 Å². The summed E-state index contributed by atoms with van der Waals surface area (Å²) in [6.45, 7) is 13.2. The van der Waals surface area contributed by atoms with Gasteiger partial charge >= 0.3 is 8.56 Å². The molecule has 0 radical (unpaired) electrons. The van der Waals surface area contributed by atoms with E-state index < -0.39 is 8.56 Å². The highest BCUT2D eigenvalue weighted by molar-refractivity contribution is 6.70. The van der Waals surface area contributed by atoms with E-state index in [1.54, 1.807) is 0 Å². The lowest BCUT2D eigenvalue weighted by molar-refractivity contribution is -0.0426. The smallest absolute Gasteiger partial charge is 0.371 e. The number of rotatable bonds is 9. The van der Waals surface area contributed by atoms with Crippen LogP contribution in [0.2, 0.25) is 6.04 Å². The maximum Gasteiger partial charge on any atom is 0.371 e. The largest absolute Gasteiger partial charge is 0.393 e.